The fourth-order valence-electron chi connectivity index (χ4n) is 3.14. The summed E-state index contributed by atoms with van der Waals surface area (Å²) in [7, 11) is 0. The average molecular weight is 370 g/mol. The van der Waals surface area contributed by atoms with Gasteiger partial charge in [0.2, 0.25) is 0 Å². The van der Waals surface area contributed by atoms with E-state index in [4.69, 9.17) is 9.47 Å². The summed E-state index contributed by atoms with van der Waals surface area (Å²) in [5, 5.41) is 11.8. The third-order valence-corrected chi connectivity index (χ3v) is 6.11. The van der Waals surface area contributed by atoms with E-state index in [1.54, 1.807) is 11.3 Å². The van der Waals surface area contributed by atoms with Crippen molar-refractivity contribution < 1.29 is 14.6 Å². The summed E-state index contributed by atoms with van der Waals surface area (Å²) >= 11 is 5.05. The number of hydrogen-bond donors (Lipinski definition) is 1. The van der Waals surface area contributed by atoms with E-state index >= 15 is 0 Å². The Balaban J connectivity index is 1.62. The molecule has 1 N–H and O–H groups in total. The summed E-state index contributed by atoms with van der Waals surface area (Å²) < 4.78 is 13.6. The minimum absolute atomic E-state index is 0.452. The molecule has 0 unspecified atom stereocenters. The molecule has 2 fully saturated rings. The minimum Gasteiger partial charge on any atom is -0.383 e. The molecule has 4 rings (SSSR count). The molecule has 1 saturated heterocycles. The first kappa shape index (κ1) is 14.1. The van der Waals surface area contributed by atoms with Crippen LogP contribution in [-0.4, -0.2) is 29.1 Å². The second-order valence-corrected chi connectivity index (χ2v) is 7.72. The van der Waals surface area contributed by atoms with E-state index in [1.807, 2.05) is 18.2 Å². The van der Waals surface area contributed by atoms with Gasteiger partial charge in [-0.1, -0.05) is 15.9 Å². The van der Waals surface area contributed by atoms with Crippen LogP contribution in [0.4, 0.5) is 0 Å². The number of hydrogen-bond acceptors (Lipinski definition) is 5. The van der Waals surface area contributed by atoms with Gasteiger partial charge in [0.25, 0.3) is 0 Å². The normalized spacial score (nSPS) is 23.9. The highest BCUT2D eigenvalue weighted by Crippen LogP contribution is 2.46. The number of fused-ring (bicyclic) bond motifs is 1. The monoisotopic (exact) mass is 369 g/mol. The Morgan fingerprint density at radius 1 is 1.14 bits per heavy atom. The van der Waals surface area contributed by atoms with Crippen molar-refractivity contribution in [3.05, 3.63) is 27.7 Å². The Morgan fingerprint density at radius 2 is 1.86 bits per heavy atom. The first-order valence-electron chi connectivity index (χ1n) is 7.16. The molecule has 1 spiro atoms. The van der Waals surface area contributed by atoms with Gasteiger partial charge in [0.1, 0.15) is 10.6 Å². The molecule has 6 heteroatoms. The number of ether oxygens (including phenoxy) is 2. The maximum Gasteiger partial charge on any atom is 0.168 e. The maximum atomic E-state index is 11.0. The topological polar surface area (TPSA) is 51.6 Å². The minimum atomic E-state index is -0.850. The van der Waals surface area contributed by atoms with Crippen LogP contribution in [0.1, 0.15) is 30.7 Å². The van der Waals surface area contributed by atoms with Gasteiger partial charge in [0.15, 0.2) is 5.79 Å². The zero-order chi connectivity index (χ0) is 14.5. The van der Waals surface area contributed by atoms with E-state index in [0.717, 1.165) is 32.5 Å². The summed E-state index contributed by atoms with van der Waals surface area (Å²) in [4.78, 5) is 4.63. The quantitative estimate of drug-likeness (QED) is 0.834. The van der Waals surface area contributed by atoms with Crippen LogP contribution in [0, 0.1) is 0 Å². The molecule has 2 aromatic rings. The van der Waals surface area contributed by atoms with Gasteiger partial charge in [-0.3, -0.25) is 0 Å². The first-order chi connectivity index (χ1) is 10.1. The summed E-state index contributed by atoms with van der Waals surface area (Å²) in [6.45, 7) is 1.32. The number of rotatable bonds is 1. The van der Waals surface area contributed by atoms with Crippen LogP contribution in [0.15, 0.2) is 22.7 Å². The summed E-state index contributed by atoms with van der Waals surface area (Å²) in [6, 6.07) is 6.01. The molecule has 1 aromatic carbocycles. The lowest BCUT2D eigenvalue weighted by Gasteiger charge is -2.39. The lowest BCUT2D eigenvalue weighted by Crippen LogP contribution is -2.42. The molecule has 1 aromatic heterocycles. The Morgan fingerprint density at radius 3 is 2.57 bits per heavy atom. The summed E-state index contributed by atoms with van der Waals surface area (Å²) in [5.74, 6) is -0.452. The van der Waals surface area contributed by atoms with Crippen LogP contribution in [0.25, 0.3) is 10.2 Å². The number of aliphatic hydroxyl groups is 1. The highest BCUT2D eigenvalue weighted by Gasteiger charge is 2.47. The first-order valence-corrected chi connectivity index (χ1v) is 8.77. The highest BCUT2D eigenvalue weighted by molar-refractivity contribution is 9.10. The molecule has 4 nitrogen and oxygen atoms in total. The molecule has 2 aliphatic rings. The predicted molar refractivity (Wildman–Crippen MR) is 84.3 cm³/mol. The van der Waals surface area contributed by atoms with Gasteiger partial charge in [0, 0.05) is 17.3 Å². The third-order valence-electron chi connectivity index (χ3n) is 4.40. The molecule has 2 heterocycles. The highest BCUT2D eigenvalue weighted by atomic mass is 79.9. The maximum absolute atomic E-state index is 11.0. The summed E-state index contributed by atoms with van der Waals surface area (Å²) in [5.41, 5.74) is 0.0942. The molecular formula is C15H16BrNO3S. The molecule has 1 saturated carbocycles. The lowest BCUT2D eigenvalue weighted by molar-refractivity contribution is -0.204. The van der Waals surface area contributed by atoms with Gasteiger partial charge in [0.05, 0.1) is 23.4 Å². The van der Waals surface area contributed by atoms with E-state index in [2.05, 4.69) is 20.9 Å². The van der Waals surface area contributed by atoms with Gasteiger partial charge >= 0.3 is 0 Å². The van der Waals surface area contributed by atoms with Crippen molar-refractivity contribution in [2.45, 2.75) is 37.1 Å². The van der Waals surface area contributed by atoms with Crippen LogP contribution in [-0.2, 0) is 15.1 Å². The second kappa shape index (κ2) is 4.99. The van der Waals surface area contributed by atoms with E-state index in [0.29, 0.717) is 26.1 Å². The Kier molecular flexibility index (Phi) is 3.35. The smallest absolute Gasteiger partial charge is 0.168 e. The van der Waals surface area contributed by atoms with Crippen LogP contribution in [0.2, 0.25) is 0 Å². The van der Waals surface area contributed by atoms with E-state index < -0.39 is 11.4 Å². The largest absolute Gasteiger partial charge is 0.383 e. The molecule has 0 amide bonds. The van der Waals surface area contributed by atoms with Gasteiger partial charge in [-0.05, 0) is 31.0 Å². The standard InChI is InChI=1S/C15H16BrNO3S/c16-10-1-2-11-12(9-10)21-13(17-11)14(18)3-5-15(6-4-14)19-7-8-20-15/h1-2,9,18H,3-8H2. The lowest BCUT2D eigenvalue weighted by atomic mass is 9.82. The van der Waals surface area contributed by atoms with Crippen molar-refractivity contribution in [2.75, 3.05) is 13.2 Å². The molecule has 112 valence electrons. The summed E-state index contributed by atoms with van der Waals surface area (Å²) in [6.07, 6.45) is 2.72. The molecule has 0 bridgehead atoms. The van der Waals surface area contributed by atoms with Crippen LogP contribution < -0.4 is 0 Å². The van der Waals surface area contributed by atoms with Crippen LogP contribution >= 0.6 is 27.3 Å². The number of benzene rings is 1. The molecule has 1 aliphatic heterocycles. The van der Waals surface area contributed by atoms with E-state index in [1.165, 1.54) is 0 Å². The molecule has 1 aliphatic carbocycles. The fourth-order valence-corrected chi connectivity index (χ4v) is 4.80. The van der Waals surface area contributed by atoms with Crippen LogP contribution in [0.5, 0.6) is 0 Å². The number of thiazole rings is 1. The van der Waals surface area contributed by atoms with Gasteiger partial charge < -0.3 is 14.6 Å². The van der Waals surface area contributed by atoms with Gasteiger partial charge in [-0.15, -0.1) is 11.3 Å². The van der Waals surface area contributed by atoms with Gasteiger partial charge in [-0.2, -0.15) is 0 Å². The molecular weight excluding hydrogens is 354 g/mol. The number of aromatic nitrogens is 1. The average Bonchev–Trinajstić information content (AvgIpc) is 3.10. The van der Waals surface area contributed by atoms with E-state index in [9.17, 15) is 5.11 Å². The fraction of sp³-hybridized carbons (Fsp3) is 0.533. The van der Waals surface area contributed by atoms with Crippen molar-refractivity contribution in [3.63, 3.8) is 0 Å². The third kappa shape index (κ3) is 2.43. The second-order valence-electron chi connectivity index (χ2n) is 5.77. The van der Waals surface area contributed by atoms with E-state index in [-0.39, 0.29) is 0 Å². The molecule has 0 radical (unpaired) electrons. The molecule has 21 heavy (non-hydrogen) atoms. The predicted octanol–water partition coefficient (Wildman–Crippen LogP) is 3.56. The van der Waals surface area contributed by atoms with Crippen molar-refractivity contribution in [2.24, 2.45) is 0 Å². The number of halogens is 1. The Labute approximate surface area is 135 Å². The molecule has 0 atom stereocenters. The zero-order valence-electron chi connectivity index (χ0n) is 11.5. The van der Waals surface area contributed by atoms with Crippen molar-refractivity contribution in [1.29, 1.82) is 0 Å². The Bertz CT molecular complexity index is 671. The van der Waals surface area contributed by atoms with Crippen molar-refractivity contribution >= 4 is 37.5 Å². The zero-order valence-corrected chi connectivity index (χ0v) is 13.9. The van der Waals surface area contributed by atoms with Crippen molar-refractivity contribution in [3.8, 4) is 0 Å². The van der Waals surface area contributed by atoms with Crippen molar-refractivity contribution in [1.82, 2.24) is 4.98 Å². The van der Waals surface area contributed by atoms with Crippen LogP contribution in [0.3, 0.4) is 0 Å². The van der Waals surface area contributed by atoms with Gasteiger partial charge in [-0.25, -0.2) is 4.98 Å². The Hall–Kier alpha value is -0.530. The number of nitrogens with zero attached hydrogens (tertiary/aromatic N) is 1. The SMILES string of the molecule is OC1(c2nc3ccc(Br)cc3s2)CCC2(CC1)OCCO2.